The molecule has 0 unspecified atom stereocenters. The quantitative estimate of drug-likeness (QED) is 0.654. The van der Waals surface area contributed by atoms with Gasteiger partial charge in [-0.05, 0) is 12.1 Å². The number of hydrogen-bond acceptors (Lipinski definition) is 1. The Kier molecular flexibility index (Phi) is 1.84. The number of nitrogens with zero attached hydrogens (tertiary/aromatic N) is 2. The van der Waals surface area contributed by atoms with Crippen LogP contribution >= 0.6 is 11.6 Å². The predicted octanol–water partition coefficient (Wildman–Crippen LogP) is 2.33. The summed E-state index contributed by atoms with van der Waals surface area (Å²) in [6.45, 7) is 0. The fourth-order valence-electron chi connectivity index (χ4n) is 0.968. The Labute approximate surface area is 75.4 Å². The van der Waals surface area contributed by atoms with Gasteiger partial charge in [0, 0.05) is 0 Å². The lowest BCUT2D eigenvalue weighted by molar-refractivity contribution is 0.874. The summed E-state index contributed by atoms with van der Waals surface area (Å²) in [7, 11) is 0. The highest BCUT2D eigenvalue weighted by molar-refractivity contribution is 6.30. The van der Waals surface area contributed by atoms with Gasteiger partial charge in [0.15, 0.2) is 0 Å². The van der Waals surface area contributed by atoms with Crippen molar-refractivity contribution in [2.45, 2.75) is 0 Å². The van der Waals surface area contributed by atoms with Gasteiger partial charge in [0.2, 0.25) is 0 Å². The zero-order valence-corrected chi connectivity index (χ0v) is 6.99. The zero-order chi connectivity index (χ0) is 8.39. The first-order valence-corrected chi connectivity index (χ1v) is 3.92. The molecule has 0 amide bonds. The number of aromatic nitrogens is 2. The number of halogens is 1. The first kappa shape index (κ1) is 7.37. The Hall–Kier alpha value is -1.28. The molecule has 0 saturated heterocycles. The standard InChI is InChI=1S/C9H6ClN2/c10-8-6-11-12(7-8)9-4-2-1-3-5-9/h1-6H. The third-order valence-electron chi connectivity index (χ3n) is 1.50. The molecule has 0 aliphatic carbocycles. The van der Waals surface area contributed by atoms with Gasteiger partial charge in [-0.15, -0.1) is 0 Å². The molecule has 1 heterocycles. The molecule has 0 fully saturated rings. The maximum absolute atomic E-state index is 5.67. The van der Waals surface area contributed by atoms with E-state index in [-0.39, 0.29) is 0 Å². The Morgan fingerprint density at radius 2 is 2.00 bits per heavy atom. The summed E-state index contributed by atoms with van der Waals surface area (Å²) in [4.78, 5) is 0. The van der Waals surface area contributed by atoms with Crippen molar-refractivity contribution in [1.82, 2.24) is 9.78 Å². The van der Waals surface area contributed by atoms with Gasteiger partial charge in [-0.2, -0.15) is 5.10 Å². The fraction of sp³-hybridized carbons (Fsp3) is 0. The first-order chi connectivity index (χ1) is 5.86. The van der Waals surface area contributed by atoms with E-state index >= 15 is 0 Å². The van der Waals surface area contributed by atoms with Crippen LogP contribution < -0.4 is 0 Å². The minimum Gasteiger partial charge on any atom is -0.230 e. The van der Waals surface area contributed by atoms with Crippen LogP contribution in [0, 0.1) is 6.20 Å². The molecule has 12 heavy (non-hydrogen) atoms. The van der Waals surface area contributed by atoms with Crippen molar-refractivity contribution in [2.24, 2.45) is 0 Å². The van der Waals surface area contributed by atoms with E-state index in [1.165, 1.54) is 0 Å². The molecule has 2 rings (SSSR count). The second kappa shape index (κ2) is 2.99. The van der Waals surface area contributed by atoms with Crippen molar-refractivity contribution in [3.63, 3.8) is 0 Å². The third-order valence-corrected chi connectivity index (χ3v) is 1.68. The average molecular weight is 178 g/mol. The van der Waals surface area contributed by atoms with Gasteiger partial charge in [-0.1, -0.05) is 29.8 Å². The molecule has 0 spiro atoms. The predicted molar refractivity (Wildman–Crippen MR) is 47.4 cm³/mol. The lowest BCUT2D eigenvalue weighted by atomic mass is 10.3. The SMILES string of the molecule is Clc1[c]n(-c2ccccc2)nc1. The highest BCUT2D eigenvalue weighted by Gasteiger charge is 1.97. The Morgan fingerprint density at radius 3 is 2.58 bits per heavy atom. The molecule has 0 atom stereocenters. The van der Waals surface area contributed by atoms with Gasteiger partial charge in [0.1, 0.15) is 6.20 Å². The number of rotatable bonds is 1. The van der Waals surface area contributed by atoms with Crippen molar-refractivity contribution in [1.29, 1.82) is 0 Å². The molecule has 3 heteroatoms. The molecule has 1 aromatic heterocycles. The Morgan fingerprint density at radius 1 is 1.25 bits per heavy atom. The summed E-state index contributed by atoms with van der Waals surface area (Å²) >= 11 is 5.67. The van der Waals surface area contributed by atoms with Crippen LogP contribution in [0.3, 0.4) is 0 Å². The molecular weight excluding hydrogens is 172 g/mol. The van der Waals surface area contributed by atoms with Gasteiger partial charge >= 0.3 is 0 Å². The summed E-state index contributed by atoms with van der Waals surface area (Å²) in [5.41, 5.74) is 0.962. The van der Waals surface area contributed by atoms with Gasteiger partial charge in [0.05, 0.1) is 16.9 Å². The monoisotopic (exact) mass is 177 g/mol. The second-order valence-corrected chi connectivity index (χ2v) is 2.76. The van der Waals surface area contributed by atoms with E-state index in [1.807, 2.05) is 30.3 Å². The number of hydrogen-bond donors (Lipinski definition) is 0. The van der Waals surface area contributed by atoms with Gasteiger partial charge in [-0.25, -0.2) is 4.68 Å². The van der Waals surface area contributed by atoms with Crippen LogP contribution in [0.2, 0.25) is 5.02 Å². The maximum atomic E-state index is 5.67. The highest BCUT2D eigenvalue weighted by Crippen LogP contribution is 2.09. The van der Waals surface area contributed by atoms with Crippen molar-refractivity contribution in [3.8, 4) is 5.69 Å². The third kappa shape index (κ3) is 1.34. The van der Waals surface area contributed by atoms with E-state index < -0.39 is 0 Å². The van der Waals surface area contributed by atoms with E-state index in [1.54, 1.807) is 10.9 Å². The lowest BCUT2D eigenvalue weighted by Crippen LogP contribution is -1.92. The smallest absolute Gasteiger partial charge is 0.113 e. The van der Waals surface area contributed by atoms with Crippen LogP contribution in [0.5, 0.6) is 0 Å². The van der Waals surface area contributed by atoms with E-state index in [0.29, 0.717) is 5.02 Å². The average Bonchev–Trinajstić information content (AvgIpc) is 2.54. The molecular formula is C9H6ClN2. The minimum atomic E-state index is 0.527. The Bertz CT molecular complexity index is 367. The normalized spacial score (nSPS) is 10.1. The summed E-state index contributed by atoms with van der Waals surface area (Å²) in [5, 5.41) is 4.54. The molecule has 2 nitrogen and oxygen atoms in total. The molecule has 1 aromatic carbocycles. The van der Waals surface area contributed by atoms with Crippen molar-refractivity contribution >= 4 is 11.6 Å². The van der Waals surface area contributed by atoms with Crippen LogP contribution in [-0.2, 0) is 0 Å². The summed E-state index contributed by atoms with van der Waals surface area (Å²) in [5.74, 6) is 0. The van der Waals surface area contributed by atoms with E-state index in [0.717, 1.165) is 5.69 Å². The van der Waals surface area contributed by atoms with Crippen LogP contribution in [0.15, 0.2) is 36.5 Å². The fourth-order valence-corrected chi connectivity index (χ4v) is 1.09. The van der Waals surface area contributed by atoms with E-state index in [2.05, 4.69) is 11.3 Å². The van der Waals surface area contributed by atoms with Gasteiger partial charge < -0.3 is 0 Å². The maximum Gasteiger partial charge on any atom is 0.113 e. The lowest BCUT2D eigenvalue weighted by Gasteiger charge is -1.97. The topological polar surface area (TPSA) is 17.8 Å². The van der Waals surface area contributed by atoms with Crippen LogP contribution in [0.25, 0.3) is 5.69 Å². The highest BCUT2D eigenvalue weighted by atomic mass is 35.5. The van der Waals surface area contributed by atoms with Crippen molar-refractivity contribution < 1.29 is 0 Å². The Balaban J connectivity index is 2.45. The van der Waals surface area contributed by atoms with Crippen molar-refractivity contribution in [2.75, 3.05) is 0 Å². The molecule has 59 valence electrons. The van der Waals surface area contributed by atoms with Crippen LogP contribution in [0.1, 0.15) is 0 Å². The zero-order valence-electron chi connectivity index (χ0n) is 6.24. The molecule has 0 aliphatic rings. The van der Waals surface area contributed by atoms with Gasteiger partial charge in [0.25, 0.3) is 0 Å². The second-order valence-electron chi connectivity index (χ2n) is 2.35. The number of para-hydroxylation sites is 1. The molecule has 0 N–H and O–H groups in total. The van der Waals surface area contributed by atoms with Crippen LogP contribution in [-0.4, -0.2) is 9.78 Å². The number of benzene rings is 1. The summed E-state index contributed by atoms with van der Waals surface area (Å²) < 4.78 is 1.61. The van der Waals surface area contributed by atoms with Crippen molar-refractivity contribution in [3.05, 3.63) is 47.7 Å². The minimum absolute atomic E-state index is 0.527. The molecule has 0 aliphatic heterocycles. The molecule has 1 radical (unpaired) electrons. The summed E-state index contributed by atoms with van der Waals surface area (Å²) in [6.07, 6.45) is 4.43. The first-order valence-electron chi connectivity index (χ1n) is 3.54. The molecule has 0 bridgehead atoms. The largest absolute Gasteiger partial charge is 0.230 e. The molecule has 0 saturated carbocycles. The summed E-state index contributed by atoms with van der Waals surface area (Å²) in [6, 6.07) is 9.73. The van der Waals surface area contributed by atoms with Gasteiger partial charge in [-0.3, -0.25) is 0 Å². The van der Waals surface area contributed by atoms with Crippen LogP contribution in [0.4, 0.5) is 0 Å². The molecule has 2 aromatic rings. The van der Waals surface area contributed by atoms with E-state index in [4.69, 9.17) is 11.6 Å². The van der Waals surface area contributed by atoms with E-state index in [9.17, 15) is 0 Å².